The van der Waals surface area contributed by atoms with Crippen LogP contribution in [0.3, 0.4) is 0 Å². The molecule has 0 spiro atoms. The third-order valence-electron chi connectivity index (χ3n) is 4.92. The highest BCUT2D eigenvalue weighted by Crippen LogP contribution is 2.26. The van der Waals surface area contributed by atoms with Crippen molar-refractivity contribution >= 4 is 29.7 Å². The van der Waals surface area contributed by atoms with E-state index in [0.717, 1.165) is 5.69 Å². The van der Waals surface area contributed by atoms with E-state index < -0.39 is 4.92 Å². The van der Waals surface area contributed by atoms with Gasteiger partial charge in [-0.15, -0.1) is 12.4 Å². The molecule has 1 fully saturated rings. The second-order valence-corrected chi connectivity index (χ2v) is 6.81. The molecule has 1 aliphatic heterocycles. The number of hydrogen-bond donors (Lipinski definition) is 2. The van der Waals surface area contributed by atoms with Gasteiger partial charge in [-0.25, -0.2) is 0 Å². The molecule has 3 rings (SSSR count). The SMILES string of the molecule is Cl.N[C@@H]1CN(C(=O)CCCNc2ccc([N+](=O)[O-])cc2)C[C@H]1c1ccccc1. The van der Waals surface area contributed by atoms with Crippen LogP contribution >= 0.6 is 12.4 Å². The Morgan fingerprint density at radius 1 is 1.14 bits per heavy atom. The van der Waals surface area contributed by atoms with E-state index in [1.807, 2.05) is 23.1 Å². The highest BCUT2D eigenvalue weighted by Gasteiger charge is 2.33. The summed E-state index contributed by atoms with van der Waals surface area (Å²) in [6.07, 6.45) is 1.14. The van der Waals surface area contributed by atoms with Crippen LogP contribution in [0.25, 0.3) is 0 Å². The van der Waals surface area contributed by atoms with Gasteiger partial charge in [0.05, 0.1) is 4.92 Å². The van der Waals surface area contributed by atoms with Crippen LogP contribution in [0.5, 0.6) is 0 Å². The number of halogens is 1. The van der Waals surface area contributed by atoms with E-state index in [1.54, 1.807) is 12.1 Å². The summed E-state index contributed by atoms with van der Waals surface area (Å²) in [5.41, 5.74) is 8.30. The Balaban J connectivity index is 0.00000280. The van der Waals surface area contributed by atoms with E-state index in [9.17, 15) is 14.9 Å². The lowest BCUT2D eigenvalue weighted by Crippen LogP contribution is -2.32. The molecule has 2 atom stereocenters. The molecule has 7 nitrogen and oxygen atoms in total. The first-order valence-corrected chi connectivity index (χ1v) is 9.11. The fraction of sp³-hybridized carbons (Fsp3) is 0.350. The number of likely N-dealkylation sites (tertiary alicyclic amines) is 1. The monoisotopic (exact) mass is 404 g/mol. The molecule has 1 heterocycles. The van der Waals surface area contributed by atoms with Crippen LogP contribution in [0.4, 0.5) is 11.4 Å². The summed E-state index contributed by atoms with van der Waals surface area (Å²) in [5, 5.41) is 13.8. The zero-order valence-corrected chi connectivity index (χ0v) is 16.3. The number of nitrogens with zero attached hydrogens (tertiary/aromatic N) is 2. The quantitative estimate of drug-likeness (QED) is 0.419. The molecule has 2 aromatic carbocycles. The van der Waals surface area contributed by atoms with Crippen molar-refractivity contribution in [3.63, 3.8) is 0 Å². The topological polar surface area (TPSA) is 102 Å². The molecule has 0 aliphatic carbocycles. The number of anilines is 1. The lowest BCUT2D eigenvalue weighted by molar-refractivity contribution is -0.384. The van der Waals surface area contributed by atoms with Gasteiger partial charge in [0.25, 0.3) is 5.69 Å². The van der Waals surface area contributed by atoms with Crippen LogP contribution in [-0.4, -0.2) is 41.4 Å². The van der Waals surface area contributed by atoms with Gasteiger partial charge in [-0.05, 0) is 24.1 Å². The summed E-state index contributed by atoms with van der Waals surface area (Å²) in [7, 11) is 0. The number of carbonyl (C=O) groups is 1. The van der Waals surface area contributed by atoms with Crippen molar-refractivity contribution in [3.05, 3.63) is 70.3 Å². The van der Waals surface area contributed by atoms with Crippen molar-refractivity contribution in [1.82, 2.24) is 4.90 Å². The Bertz CT molecular complexity index is 786. The van der Waals surface area contributed by atoms with Gasteiger partial charge in [0.15, 0.2) is 0 Å². The maximum absolute atomic E-state index is 12.5. The highest BCUT2D eigenvalue weighted by atomic mass is 35.5. The Labute approximate surface area is 170 Å². The number of benzene rings is 2. The number of hydrogen-bond acceptors (Lipinski definition) is 5. The second kappa shape index (κ2) is 10.1. The zero-order chi connectivity index (χ0) is 19.2. The van der Waals surface area contributed by atoms with Gasteiger partial charge >= 0.3 is 0 Å². The normalized spacial score (nSPS) is 18.4. The molecule has 0 bridgehead atoms. The first-order chi connectivity index (χ1) is 13.0. The van der Waals surface area contributed by atoms with Crippen LogP contribution in [0.15, 0.2) is 54.6 Å². The standard InChI is InChI=1S/C20H24N4O3.ClH/c21-19-14-23(13-18(19)15-5-2-1-3-6-15)20(25)7-4-12-22-16-8-10-17(11-9-16)24(26)27;/h1-3,5-6,8-11,18-19,22H,4,7,12-14,21H2;1H/t18-,19+;/m0./s1. The van der Waals surface area contributed by atoms with Crippen LogP contribution < -0.4 is 11.1 Å². The Kier molecular flexibility index (Phi) is 7.78. The summed E-state index contributed by atoms with van der Waals surface area (Å²) >= 11 is 0. The molecule has 1 amide bonds. The molecule has 0 unspecified atom stereocenters. The van der Waals surface area contributed by atoms with E-state index in [1.165, 1.54) is 17.7 Å². The lowest BCUT2D eigenvalue weighted by atomic mass is 9.95. The molecule has 1 saturated heterocycles. The van der Waals surface area contributed by atoms with Crippen molar-refractivity contribution in [1.29, 1.82) is 0 Å². The molecule has 0 saturated carbocycles. The molecule has 0 aromatic heterocycles. The average molecular weight is 405 g/mol. The van der Waals surface area contributed by atoms with E-state index in [4.69, 9.17) is 5.73 Å². The van der Waals surface area contributed by atoms with Gasteiger partial charge in [0, 0.05) is 55.8 Å². The van der Waals surface area contributed by atoms with E-state index in [2.05, 4.69) is 17.4 Å². The molecular weight excluding hydrogens is 380 g/mol. The smallest absolute Gasteiger partial charge is 0.269 e. The minimum absolute atomic E-state index is 0. The predicted molar refractivity (Wildman–Crippen MR) is 112 cm³/mol. The van der Waals surface area contributed by atoms with Gasteiger partial charge < -0.3 is 16.0 Å². The van der Waals surface area contributed by atoms with Crippen molar-refractivity contribution in [2.45, 2.75) is 24.8 Å². The molecule has 8 heteroatoms. The van der Waals surface area contributed by atoms with Gasteiger partial charge in [-0.3, -0.25) is 14.9 Å². The van der Waals surface area contributed by atoms with Gasteiger partial charge in [-0.2, -0.15) is 0 Å². The largest absolute Gasteiger partial charge is 0.385 e. The Hall–Kier alpha value is -2.64. The van der Waals surface area contributed by atoms with Gasteiger partial charge in [0.1, 0.15) is 0 Å². The molecule has 3 N–H and O–H groups in total. The Morgan fingerprint density at radius 3 is 2.46 bits per heavy atom. The average Bonchev–Trinajstić information content (AvgIpc) is 3.08. The zero-order valence-electron chi connectivity index (χ0n) is 15.5. The summed E-state index contributed by atoms with van der Waals surface area (Å²) in [5.74, 6) is 0.308. The number of nitrogens with one attached hydrogen (secondary N) is 1. The van der Waals surface area contributed by atoms with Crippen LogP contribution in [0.2, 0.25) is 0 Å². The highest BCUT2D eigenvalue weighted by molar-refractivity contribution is 5.85. The van der Waals surface area contributed by atoms with Crippen molar-refractivity contribution in [2.75, 3.05) is 25.0 Å². The first kappa shape index (κ1) is 21.7. The maximum atomic E-state index is 12.5. The number of non-ortho nitro benzene ring substituents is 1. The summed E-state index contributed by atoms with van der Waals surface area (Å²) in [4.78, 5) is 24.5. The lowest BCUT2D eigenvalue weighted by Gasteiger charge is -2.16. The van der Waals surface area contributed by atoms with Crippen LogP contribution in [0.1, 0.15) is 24.3 Å². The van der Waals surface area contributed by atoms with E-state index in [0.29, 0.717) is 32.5 Å². The fourth-order valence-electron chi connectivity index (χ4n) is 3.42. The fourth-order valence-corrected chi connectivity index (χ4v) is 3.42. The molecule has 150 valence electrons. The van der Waals surface area contributed by atoms with Crippen molar-refractivity contribution < 1.29 is 9.72 Å². The number of amides is 1. The number of rotatable bonds is 7. The van der Waals surface area contributed by atoms with E-state index >= 15 is 0 Å². The summed E-state index contributed by atoms with van der Waals surface area (Å²) in [6.45, 7) is 1.89. The van der Waals surface area contributed by atoms with Crippen LogP contribution in [-0.2, 0) is 4.79 Å². The molecule has 2 aromatic rings. The summed E-state index contributed by atoms with van der Waals surface area (Å²) < 4.78 is 0. The van der Waals surface area contributed by atoms with Gasteiger partial charge in [0.2, 0.25) is 5.91 Å². The van der Waals surface area contributed by atoms with Crippen LogP contribution in [0, 0.1) is 10.1 Å². The number of nitro benzene ring substituents is 1. The predicted octanol–water partition coefficient (Wildman–Crippen LogP) is 3.16. The van der Waals surface area contributed by atoms with E-state index in [-0.39, 0.29) is 36.0 Å². The molecular formula is C20H25ClN4O3. The molecule has 1 aliphatic rings. The second-order valence-electron chi connectivity index (χ2n) is 6.81. The van der Waals surface area contributed by atoms with Gasteiger partial charge in [-0.1, -0.05) is 30.3 Å². The third kappa shape index (κ3) is 5.43. The number of nitrogens with two attached hydrogens (primary N) is 1. The number of carbonyl (C=O) groups excluding carboxylic acids is 1. The third-order valence-corrected chi connectivity index (χ3v) is 4.92. The maximum Gasteiger partial charge on any atom is 0.269 e. The van der Waals surface area contributed by atoms with Crippen molar-refractivity contribution in [2.24, 2.45) is 5.73 Å². The minimum atomic E-state index is -0.425. The number of nitro groups is 1. The molecule has 0 radical (unpaired) electrons. The van der Waals surface area contributed by atoms with Crippen molar-refractivity contribution in [3.8, 4) is 0 Å². The Morgan fingerprint density at radius 2 is 1.82 bits per heavy atom. The first-order valence-electron chi connectivity index (χ1n) is 9.11. The minimum Gasteiger partial charge on any atom is -0.385 e. The summed E-state index contributed by atoms with van der Waals surface area (Å²) in [6, 6.07) is 16.3. The molecule has 28 heavy (non-hydrogen) atoms.